The van der Waals surface area contributed by atoms with Gasteiger partial charge in [-0.2, -0.15) is 0 Å². The van der Waals surface area contributed by atoms with Gasteiger partial charge in [-0.05, 0) is 18.6 Å². The van der Waals surface area contributed by atoms with Gasteiger partial charge in [0.15, 0.2) is 0 Å². The summed E-state index contributed by atoms with van der Waals surface area (Å²) >= 11 is 0. The first-order valence-electron chi connectivity index (χ1n) is 5.29. The van der Waals surface area contributed by atoms with Gasteiger partial charge in [-0.25, -0.2) is 4.39 Å². The van der Waals surface area contributed by atoms with Gasteiger partial charge >= 0.3 is 5.97 Å². The maximum absolute atomic E-state index is 13.5. The molecule has 1 aromatic rings. The van der Waals surface area contributed by atoms with E-state index in [0.717, 1.165) is 6.42 Å². The van der Waals surface area contributed by atoms with Crippen LogP contribution in [0.15, 0.2) is 24.3 Å². The van der Waals surface area contributed by atoms with Crippen molar-refractivity contribution in [1.29, 1.82) is 0 Å². The molecule has 16 heavy (non-hydrogen) atoms. The topological polar surface area (TPSA) is 29.5 Å². The van der Waals surface area contributed by atoms with Crippen LogP contribution in [0.4, 0.5) is 10.1 Å². The molecule has 0 saturated carbocycles. The minimum Gasteiger partial charge on any atom is -0.469 e. The lowest BCUT2D eigenvalue weighted by molar-refractivity contribution is -0.144. The number of methoxy groups -OCH3 is 1. The van der Waals surface area contributed by atoms with Crippen LogP contribution >= 0.6 is 0 Å². The van der Waals surface area contributed by atoms with Crippen molar-refractivity contribution in [3.05, 3.63) is 30.1 Å². The second-order valence-electron chi connectivity index (χ2n) is 3.91. The highest BCUT2D eigenvalue weighted by molar-refractivity contribution is 5.74. The lowest BCUT2D eigenvalue weighted by Gasteiger charge is -2.18. The number of carbonyl (C=O) groups excluding carboxylic acids is 1. The van der Waals surface area contributed by atoms with Crippen LogP contribution in [0.5, 0.6) is 0 Å². The van der Waals surface area contributed by atoms with E-state index >= 15 is 0 Å². The second-order valence-corrected chi connectivity index (χ2v) is 3.91. The zero-order valence-electron chi connectivity index (χ0n) is 9.15. The molecule has 4 heteroatoms. The molecule has 0 spiro atoms. The van der Waals surface area contributed by atoms with Crippen LogP contribution in [0.3, 0.4) is 0 Å². The van der Waals surface area contributed by atoms with Crippen molar-refractivity contribution in [2.24, 2.45) is 5.92 Å². The van der Waals surface area contributed by atoms with Crippen molar-refractivity contribution in [2.45, 2.75) is 6.42 Å². The van der Waals surface area contributed by atoms with Crippen LogP contribution in [-0.4, -0.2) is 26.2 Å². The molecule has 0 aliphatic carbocycles. The molecule has 2 rings (SSSR count). The van der Waals surface area contributed by atoms with Crippen molar-refractivity contribution < 1.29 is 13.9 Å². The Labute approximate surface area is 93.8 Å². The van der Waals surface area contributed by atoms with E-state index in [1.807, 2.05) is 4.90 Å². The standard InChI is InChI=1S/C12H14FNO2/c1-16-12(15)9-6-7-14(8-9)11-5-3-2-4-10(11)13/h2-5,9H,6-8H2,1H3/t9-/m1/s1. The first-order chi connectivity index (χ1) is 7.72. The van der Waals surface area contributed by atoms with Gasteiger partial charge in [0.1, 0.15) is 5.82 Å². The smallest absolute Gasteiger partial charge is 0.310 e. The number of rotatable bonds is 2. The molecule has 0 radical (unpaired) electrons. The van der Waals surface area contributed by atoms with E-state index in [9.17, 15) is 9.18 Å². The van der Waals surface area contributed by atoms with Gasteiger partial charge in [0.05, 0.1) is 18.7 Å². The number of nitrogens with zero attached hydrogens (tertiary/aromatic N) is 1. The van der Waals surface area contributed by atoms with Crippen LogP contribution in [0.1, 0.15) is 6.42 Å². The van der Waals surface area contributed by atoms with Crippen molar-refractivity contribution in [1.82, 2.24) is 0 Å². The Morgan fingerprint density at radius 3 is 2.94 bits per heavy atom. The first kappa shape index (κ1) is 10.9. The molecule has 86 valence electrons. The zero-order chi connectivity index (χ0) is 11.5. The Hall–Kier alpha value is -1.58. The summed E-state index contributed by atoms with van der Waals surface area (Å²) in [6, 6.07) is 6.62. The predicted molar refractivity (Wildman–Crippen MR) is 58.7 cm³/mol. The summed E-state index contributed by atoms with van der Waals surface area (Å²) in [5.41, 5.74) is 0.564. The van der Waals surface area contributed by atoms with E-state index in [4.69, 9.17) is 0 Å². The van der Waals surface area contributed by atoms with Crippen molar-refractivity contribution in [3.63, 3.8) is 0 Å². The largest absolute Gasteiger partial charge is 0.469 e. The van der Waals surface area contributed by atoms with Gasteiger partial charge in [0.25, 0.3) is 0 Å². The van der Waals surface area contributed by atoms with Gasteiger partial charge in [0.2, 0.25) is 0 Å². The Kier molecular flexibility index (Phi) is 3.08. The number of ether oxygens (including phenoxy) is 1. The maximum atomic E-state index is 13.5. The van der Waals surface area contributed by atoms with Crippen LogP contribution in [-0.2, 0) is 9.53 Å². The summed E-state index contributed by atoms with van der Waals surface area (Å²) < 4.78 is 18.2. The molecule has 0 N–H and O–H groups in total. The summed E-state index contributed by atoms with van der Waals surface area (Å²) in [4.78, 5) is 13.2. The summed E-state index contributed by atoms with van der Waals surface area (Å²) in [5, 5.41) is 0. The lowest BCUT2D eigenvalue weighted by atomic mass is 10.1. The molecule has 1 heterocycles. The third kappa shape index (κ3) is 2.01. The Bertz CT molecular complexity index is 394. The molecular weight excluding hydrogens is 209 g/mol. The molecule has 1 atom stereocenters. The van der Waals surface area contributed by atoms with E-state index in [1.54, 1.807) is 18.2 Å². The fourth-order valence-corrected chi connectivity index (χ4v) is 2.05. The molecule has 1 aromatic carbocycles. The molecular formula is C12H14FNO2. The third-order valence-corrected chi connectivity index (χ3v) is 2.92. The normalized spacial score (nSPS) is 19.9. The SMILES string of the molecule is COC(=O)[C@@H]1CCN(c2ccccc2F)C1. The molecule has 1 saturated heterocycles. The van der Waals surface area contributed by atoms with Gasteiger partial charge in [-0.3, -0.25) is 4.79 Å². The van der Waals surface area contributed by atoms with Gasteiger partial charge in [-0.1, -0.05) is 12.1 Å². The Morgan fingerprint density at radius 1 is 1.50 bits per heavy atom. The summed E-state index contributed by atoms with van der Waals surface area (Å²) in [5.74, 6) is -0.587. The second kappa shape index (κ2) is 4.51. The molecule has 3 nitrogen and oxygen atoms in total. The number of para-hydroxylation sites is 1. The number of hydrogen-bond donors (Lipinski definition) is 0. The zero-order valence-corrected chi connectivity index (χ0v) is 9.15. The highest BCUT2D eigenvalue weighted by Crippen LogP contribution is 2.26. The van der Waals surface area contributed by atoms with Gasteiger partial charge < -0.3 is 9.64 Å². The van der Waals surface area contributed by atoms with Gasteiger partial charge in [0, 0.05) is 13.1 Å². The van der Waals surface area contributed by atoms with E-state index in [1.165, 1.54) is 13.2 Å². The number of hydrogen-bond acceptors (Lipinski definition) is 3. The fraction of sp³-hybridized carbons (Fsp3) is 0.417. The fourth-order valence-electron chi connectivity index (χ4n) is 2.05. The highest BCUT2D eigenvalue weighted by Gasteiger charge is 2.29. The molecule has 0 bridgehead atoms. The van der Waals surface area contributed by atoms with E-state index in [0.29, 0.717) is 18.8 Å². The van der Waals surface area contributed by atoms with Gasteiger partial charge in [-0.15, -0.1) is 0 Å². The molecule has 1 aliphatic rings. The van der Waals surface area contributed by atoms with Crippen LogP contribution < -0.4 is 4.90 Å². The first-order valence-corrected chi connectivity index (χ1v) is 5.29. The minimum absolute atomic E-state index is 0.135. The summed E-state index contributed by atoms with van der Waals surface area (Å²) in [6.07, 6.45) is 0.723. The van der Waals surface area contributed by atoms with Crippen molar-refractivity contribution in [3.8, 4) is 0 Å². The number of benzene rings is 1. The van der Waals surface area contributed by atoms with Crippen LogP contribution in [0.2, 0.25) is 0 Å². The quantitative estimate of drug-likeness (QED) is 0.716. The molecule has 0 amide bonds. The highest BCUT2D eigenvalue weighted by atomic mass is 19.1. The van der Waals surface area contributed by atoms with E-state index < -0.39 is 0 Å². The number of halogens is 1. The number of esters is 1. The Morgan fingerprint density at radius 2 is 2.25 bits per heavy atom. The molecule has 1 aliphatic heterocycles. The van der Waals surface area contributed by atoms with E-state index in [-0.39, 0.29) is 17.7 Å². The number of carbonyl (C=O) groups is 1. The van der Waals surface area contributed by atoms with E-state index in [2.05, 4.69) is 4.74 Å². The average Bonchev–Trinajstić information content (AvgIpc) is 2.78. The molecule has 1 fully saturated rings. The predicted octanol–water partition coefficient (Wildman–Crippen LogP) is 1.82. The van der Waals surface area contributed by atoms with Crippen molar-refractivity contribution >= 4 is 11.7 Å². The summed E-state index contributed by atoms with van der Waals surface area (Å²) in [6.45, 7) is 1.23. The number of anilines is 1. The minimum atomic E-state index is -0.243. The third-order valence-electron chi connectivity index (χ3n) is 2.92. The Balaban J connectivity index is 2.09. The van der Waals surface area contributed by atoms with Crippen LogP contribution in [0, 0.1) is 11.7 Å². The van der Waals surface area contributed by atoms with Crippen LogP contribution in [0.25, 0.3) is 0 Å². The summed E-state index contributed by atoms with van der Waals surface area (Å²) in [7, 11) is 1.38. The maximum Gasteiger partial charge on any atom is 0.310 e. The molecule has 0 unspecified atom stereocenters. The average molecular weight is 223 g/mol. The lowest BCUT2D eigenvalue weighted by Crippen LogP contribution is -2.24. The monoisotopic (exact) mass is 223 g/mol. The molecule has 0 aromatic heterocycles. The van der Waals surface area contributed by atoms with Crippen molar-refractivity contribution in [2.75, 3.05) is 25.1 Å².